The smallest absolute Gasteiger partial charge is 0.289 e. The molecule has 4 nitrogen and oxygen atoms in total. The number of hydrogen-bond donors (Lipinski definition) is 1. The molecular weight excluding hydrogens is 224 g/mol. The summed E-state index contributed by atoms with van der Waals surface area (Å²) in [7, 11) is 0. The summed E-state index contributed by atoms with van der Waals surface area (Å²) in [5, 5.41) is 4.66. The van der Waals surface area contributed by atoms with E-state index in [4.69, 9.17) is 5.84 Å². The molecule has 2 rings (SSSR count). The lowest BCUT2D eigenvalue weighted by atomic mass is 9.74. The van der Waals surface area contributed by atoms with Gasteiger partial charge in [-0.2, -0.15) is 0 Å². The van der Waals surface area contributed by atoms with Crippen molar-refractivity contribution in [2.45, 2.75) is 59.9 Å². The second-order valence-electron chi connectivity index (χ2n) is 6.30. The van der Waals surface area contributed by atoms with Crippen molar-refractivity contribution in [1.29, 1.82) is 0 Å². The van der Waals surface area contributed by atoms with Gasteiger partial charge in [0.25, 0.3) is 11.6 Å². The van der Waals surface area contributed by atoms with Crippen molar-refractivity contribution in [2.24, 2.45) is 17.8 Å². The fourth-order valence-corrected chi connectivity index (χ4v) is 3.37. The second-order valence-corrected chi connectivity index (χ2v) is 6.30. The molecule has 2 N–H and O–H groups in total. The second kappa shape index (κ2) is 4.90. The summed E-state index contributed by atoms with van der Waals surface area (Å²) in [5.41, 5.74) is 0. The number of rotatable bonds is 2. The highest BCUT2D eigenvalue weighted by Gasteiger charge is 2.38. The van der Waals surface area contributed by atoms with Crippen LogP contribution >= 0.6 is 0 Å². The molecule has 1 fully saturated rings. The predicted molar refractivity (Wildman–Crippen MR) is 72.4 cm³/mol. The van der Waals surface area contributed by atoms with E-state index < -0.39 is 0 Å². The minimum atomic E-state index is 0.511. The highest BCUT2D eigenvalue weighted by atomic mass is 15.5. The van der Waals surface area contributed by atoms with Crippen molar-refractivity contribution >= 4 is 0 Å². The van der Waals surface area contributed by atoms with Crippen molar-refractivity contribution in [1.82, 2.24) is 9.78 Å². The predicted octanol–water partition coefficient (Wildman–Crippen LogP) is 2.13. The first kappa shape index (κ1) is 13.4. The lowest BCUT2D eigenvalue weighted by Crippen LogP contribution is -2.49. The van der Waals surface area contributed by atoms with Gasteiger partial charge in [0.05, 0.1) is 0 Å². The van der Waals surface area contributed by atoms with E-state index in [1.165, 1.54) is 19.3 Å². The van der Waals surface area contributed by atoms with Crippen LogP contribution in [0.25, 0.3) is 0 Å². The minimum absolute atomic E-state index is 0.511. The highest BCUT2D eigenvalue weighted by Crippen LogP contribution is 2.40. The monoisotopic (exact) mass is 251 g/mol. The number of nitrogen functional groups attached to an aromatic ring is 1. The van der Waals surface area contributed by atoms with Gasteiger partial charge in [-0.05, 0) is 30.6 Å². The standard InChI is InChI=1S/C14H27N4/c1-9(2)13-7-6-10(3)8-14(13)18-12(5)17(15)11(4)16-18/h9-10,13-14H,6-8,15H2,1-5H3/q+1/t10-,13+,14-/m1/s1. The Morgan fingerprint density at radius 2 is 2.00 bits per heavy atom. The maximum Gasteiger partial charge on any atom is 0.295 e. The van der Waals surface area contributed by atoms with Gasteiger partial charge in [0.15, 0.2) is 0 Å². The Balaban J connectivity index is 2.35. The fraction of sp³-hybridized carbons (Fsp3) is 0.857. The van der Waals surface area contributed by atoms with E-state index in [0.717, 1.165) is 23.5 Å². The number of hydrogen-bond acceptors (Lipinski definition) is 2. The third-order valence-electron chi connectivity index (χ3n) is 4.58. The molecule has 0 aliphatic heterocycles. The summed E-state index contributed by atoms with van der Waals surface area (Å²) < 4.78 is 3.88. The largest absolute Gasteiger partial charge is 0.295 e. The Morgan fingerprint density at radius 1 is 1.33 bits per heavy atom. The number of nitrogens with zero attached hydrogens (tertiary/aromatic N) is 3. The molecule has 0 aromatic carbocycles. The van der Waals surface area contributed by atoms with Gasteiger partial charge in [0.2, 0.25) is 0 Å². The van der Waals surface area contributed by atoms with Gasteiger partial charge in [-0.15, -0.1) is 9.36 Å². The van der Waals surface area contributed by atoms with Crippen LogP contribution in [-0.2, 0) is 0 Å². The molecule has 0 saturated heterocycles. The summed E-state index contributed by atoms with van der Waals surface area (Å²) >= 11 is 0. The van der Waals surface area contributed by atoms with Crippen LogP contribution in [-0.4, -0.2) is 9.78 Å². The lowest BCUT2D eigenvalue weighted by Gasteiger charge is -2.34. The Morgan fingerprint density at radius 3 is 2.50 bits per heavy atom. The van der Waals surface area contributed by atoms with E-state index in [2.05, 4.69) is 37.5 Å². The van der Waals surface area contributed by atoms with Gasteiger partial charge in [0, 0.05) is 18.9 Å². The third kappa shape index (κ3) is 2.25. The normalized spacial score (nSPS) is 28.9. The topological polar surface area (TPSA) is 47.7 Å². The first-order valence-electron chi connectivity index (χ1n) is 7.14. The van der Waals surface area contributed by atoms with Gasteiger partial charge < -0.3 is 0 Å². The Kier molecular flexibility index (Phi) is 3.64. The lowest BCUT2D eigenvalue weighted by molar-refractivity contribution is -0.652. The van der Waals surface area contributed by atoms with Crippen LogP contribution < -0.4 is 10.5 Å². The summed E-state index contributed by atoms with van der Waals surface area (Å²) in [6.07, 6.45) is 3.89. The van der Waals surface area contributed by atoms with Crippen molar-refractivity contribution < 1.29 is 4.68 Å². The molecule has 0 radical (unpaired) electrons. The first-order chi connectivity index (χ1) is 8.41. The highest BCUT2D eigenvalue weighted by molar-refractivity contribution is 4.89. The summed E-state index contributed by atoms with van der Waals surface area (Å²) in [6.45, 7) is 11.0. The van der Waals surface area contributed by atoms with E-state index in [0.29, 0.717) is 12.0 Å². The van der Waals surface area contributed by atoms with Crippen LogP contribution in [0.1, 0.15) is 57.7 Å². The van der Waals surface area contributed by atoms with Crippen molar-refractivity contribution in [3.8, 4) is 0 Å². The SMILES string of the molecule is Cc1nn([C@@H]2C[C@H](C)CC[C@H]2C(C)C)c(C)[n+]1N. The van der Waals surface area contributed by atoms with Crippen LogP contribution in [0.15, 0.2) is 0 Å². The zero-order chi connectivity index (χ0) is 13.4. The molecular formula is C14H27N4+. The molecule has 1 saturated carbocycles. The van der Waals surface area contributed by atoms with Gasteiger partial charge in [-0.1, -0.05) is 27.2 Å². The fourth-order valence-electron chi connectivity index (χ4n) is 3.37. The summed E-state index contributed by atoms with van der Waals surface area (Å²) in [5.74, 6) is 10.2. The van der Waals surface area contributed by atoms with Crippen molar-refractivity contribution in [2.75, 3.05) is 5.84 Å². The molecule has 3 atom stereocenters. The van der Waals surface area contributed by atoms with Gasteiger partial charge in [-0.25, -0.2) is 0 Å². The molecule has 0 spiro atoms. The third-order valence-corrected chi connectivity index (χ3v) is 4.58. The molecule has 0 unspecified atom stereocenters. The van der Waals surface area contributed by atoms with E-state index in [9.17, 15) is 0 Å². The summed E-state index contributed by atoms with van der Waals surface area (Å²) in [4.78, 5) is 0. The molecule has 0 bridgehead atoms. The molecule has 0 amide bonds. The van der Waals surface area contributed by atoms with Gasteiger partial charge in [0.1, 0.15) is 6.04 Å². The van der Waals surface area contributed by atoms with Crippen LogP contribution in [0.3, 0.4) is 0 Å². The van der Waals surface area contributed by atoms with Crippen molar-refractivity contribution in [3.63, 3.8) is 0 Å². The van der Waals surface area contributed by atoms with Crippen molar-refractivity contribution in [3.05, 3.63) is 11.6 Å². The zero-order valence-corrected chi connectivity index (χ0v) is 12.3. The molecule has 1 aromatic rings. The minimum Gasteiger partial charge on any atom is -0.289 e. The quantitative estimate of drug-likeness (QED) is 0.646. The number of aromatic nitrogens is 3. The number of aryl methyl sites for hydroxylation is 1. The first-order valence-corrected chi connectivity index (χ1v) is 7.14. The van der Waals surface area contributed by atoms with Gasteiger partial charge in [-0.3, -0.25) is 5.84 Å². The van der Waals surface area contributed by atoms with Crippen LogP contribution in [0.2, 0.25) is 0 Å². The van der Waals surface area contributed by atoms with Gasteiger partial charge >= 0.3 is 0 Å². The Bertz CT molecular complexity index is 422. The van der Waals surface area contributed by atoms with Crippen LogP contribution in [0, 0.1) is 31.6 Å². The maximum absolute atomic E-state index is 6.00. The average Bonchev–Trinajstić information content (AvgIpc) is 2.56. The molecule has 1 aliphatic rings. The number of nitrogens with two attached hydrogens (primary N) is 1. The van der Waals surface area contributed by atoms with Crippen LogP contribution in [0.5, 0.6) is 0 Å². The molecule has 18 heavy (non-hydrogen) atoms. The summed E-state index contributed by atoms with van der Waals surface area (Å²) in [6, 6.07) is 0.511. The molecule has 4 heteroatoms. The molecule has 102 valence electrons. The maximum atomic E-state index is 6.00. The van der Waals surface area contributed by atoms with E-state index in [1.54, 1.807) is 4.68 Å². The molecule has 1 heterocycles. The van der Waals surface area contributed by atoms with E-state index >= 15 is 0 Å². The molecule has 1 aliphatic carbocycles. The van der Waals surface area contributed by atoms with E-state index in [-0.39, 0.29) is 0 Å². The Labute approximate surface area is 110 Å². The molecule has 1 aromatic heterocycles. The van der Waals surface area contributed by atoms with E-state index in [1.807, 2.05) is 6.92 Å². The zero-order valence-electron chi connectivity index (χ0n) is 12.3. The van der Waals surface area contributed by atoms with Crippen LogP contribution in [0.4, 0.5) is 0 Å². The average molecular weight is 251 g/mol. The Hall–Kier alpha value is -1.06.